The summed E-state index contributed by atoms with van der Waals surface area (Å²) in [4.78, 5) is 47.9. The minimum Gasteiger partial charge on any atom is -0.480 e. The number of esters is 1. The van der Waals surface area contributed by atoms with E-state index in [-0.39, 0.29) is 24.5 Å². The molecule has 9 nitrogen and oxygen atoms in total. The van der Waals surface area contributed by atoms with Gasteiger partial charge in [-0.1, -0.05) is 223 Å². The largest absolute Gasteiger partial charge is 0.480 e. The fourth-order valence-corrected chi connectivity index (χ4v) is 8.18. The number of allylic oxidation sites excluding steroid dienone is 8. The van der Waals surface area contributed by atoms with E-state index in [1.807, 2.05) is 0 Å². The van der Waals surface area contributed by atoms with Crippen LogP contribution in [0.4, 0.5) is 0 Å². The van der Waals surface area contributed by atoms with Gasteiger partial charge in [0.05, 0.1) is 13.2 Å². The molecule has 0 heterocycles. The second-order valence-corrected chi connectivity index (χ2v) is 18.6. The predicted molar refractivity (Wildman–Crippen MR) is 278 cm³/mol. The molecule has 0 rings (SSSR count). The maximum absolute atomic E-state index is 12.9. The Hall–Kier alpha value is -3.20. The number of unbranched alkanes of at least 4 members (excludes halogenated alkanes) is 28. The minimum absolute atomic E-state index is 0.0168. The molecular weight excluding hydrogens is 825 g/mol. The van der Waals surface area contributed by atoms with Gasteiger partial charge in [-0.25, -0.2) is 4.79 Å². The number of ether oxygens (including phenoxy) is 1. The Bertz CT molecular complexity index is 1250. The topological polar surface area (TPSA) is 142 Å². The predicted octanol–water partition coefficient (Wildman–Crippen LogP) is 15.1. The lowest BCUT2D eigenvalue weighted by molar-refractivity contribution is -0.150. The Morgan fingerprint density at radius 1 is 0.470 bits per heavy atom. The lowest BCUT2D eigenvalue weighted by atomic mass is 10.0. The van der Waals surface area contributed by atoms with Gasteiger partial charge in [0.15, 0.2) is 0 Å². The van der Waals surface area contributed by atoms with Crippen molar-refractivity contribution in [3.8, 4) is 0 Å². The van der Waals surface area contributed by atoms with Gasteiger partial charge in [-0.2, -0.15) is 0 Å². The summed E-state index contributed by atoms with van der Waals surface area (Å²) in [5, 5.41) is 22.7. The van der Waals surface area contributed by atoms with Crippen molar-refractivity contribution in [1.29, 1.82) is 0 Å². The molecule has 2 atom stereocenters. The summed E-state index contributed by atoms with van der Waals surface area (Å²) in [6, 6.07) is -1.38. The Labute approximate surface area is 405 Å². The van der Waals surface area contributed by atoms with Gasteiger partial charge in [0.1, 0.15) is 12.1 Å². The van der Waals surface area contributed by atoms with Crippen molar-refractivity contribution in [2.24, 2.45) is 0 Å². The summed E-state index contributed by atoms with van der Waals surface area (Å²) in [7, 11) is 0. The number of nitrogens with one attached hydrogen (secondary N) is 2. The first-order valence-electron chi connectivity index (χ1n) is 27.5. The van der Waals surface area contributed by atoms with Crippen LogP contribution >= 0.6 is 0 Å². The van der Waals surface area contributed by atoms with E-state index in [2.05, 4.69) is 73.1 Å². The SMILES string of the molecule is CC/C=C\C/C=C\C/C=C\C/C=C\CCCCCCCCCCCCC(=O)OC(CCCCCCCCCCCCCCCCC)CCCCCCCC(=O)NCC(=O)NC(CO)C(=O)O. The summed E-state index contributed by atoms with van der Waals surface area (Å²) in [5.74, 6) is -2.28. The summed E-state index contributed by atoms with van der Waals surface area (Å²) < 4.78 is 6.09. The van der Waals surface area contributed by atoms with E-state index in [0.29, 0.717) is 19.3 Å². The van der Waals surface area contributed by atoms with Crippen molar-refractivity contribution < 1.29 is 34.1 Å². The van der Waals surface area contributed by atoms with Crippen LogP contribution < -0.4 is 10.6 Å². The molecular formula is C57H102N2O7. The number of carbonyl (C=O) groups is 4. The molecule has 0 aliphatic rings. The third kappa shape index (κ3) is 47.3. The van der Waals surface area contributed by atoms with Gasteiger partial charge in [0, 0.05) is 12.8 Å². The van der Waals surface area contributed by atoms with Gasteiger partial charge in [0.25, 0.3) is 0 Å². The normalized spacial score (nSPS) is 12.8. The van der Waals surface area contributed by atoms with Crippen molar-refractivity contribution in [2.45, 2.75) is 276 Å². The first-order chi connectivity index (χ1) is 32.3. The van der Waals surface area contributed by atoms with Gasteiger partial charge in [0.2, 0.25) is 11.8 Å². The van der Waals surface area contributed by atoms with Crippen LogP contribution in [-0.2, 0) is 23.9 Å². The number of amides is 2. The maximum atomic E-state index is 12.9. The second-order valence-electron chi connectivity index (χ2n) is 18.6. The molecule has 382 valence electrons. The van der Waals surface area contributed by atoms with E-state index < -0.39 is 24.5 Å². The van der Waals surface area contributed by atoms with Gasteiger partial charge in [-0.3, -0.25) is 14.4 Å². The molecule has 0 bridgehead atoms. The van der Waals surface area contributed by atoms with Gasteiger partial charge in [-0.15, -0.1) is 0 Å². The van der Waals surface area contributed by atoms with Crippen LogP contribution in [0.3, 0.4) is 0 Å². The molecule has 0 spiro atoms. The molecule has 66 heavy (non-hydrogen) atoms. The average Bonchev–Trinajstić information content (AvgIpc) is 3.30. The van der Waals surface area contributed by atoms with Crippen LogP contribution in [-0.4, -0.2) is 59.3 Å². The highest BCUT2D eigenvalue weighted by Crippen LogP contribution is 2.20. The quantitative estimate of drug-likeness (QED) is 0.0270. The zero-order valence-corrected chi connectivity index (χ0v) is 42.7. The number of carbonyl (C=O) groups excluding carboxylic acids is 3. The molecule has 2 unspecified atom stereocenters. The number of hydrogen-bond donors (Lipinski definition) is 4. The third-order valence-corrected chi connectivity index (χ3v) is 12.3. The van der Waals surface area contributed by atoms with Crippen LogP contribution in [0, 0.1) is 0 Å². The number of carboxylic acids is 1. The molecule has 9 heteroatoms. The van der Waals surface area contributed by atoms with E-state index in [4.69, 9.17) is 14.9 Å². The van der Waals surface area contributed by atoms with E-state index in [1.54, 1.807) is 0 Å². The molecule has 0 aromatic carbocycles. The van der Waals surface area contributed by atoms with Gasteiger partial charge < -0.3 is 25.6 Å². The Morgan fingerprint density at radius 2 is 0.864 bits per heavy atom. The molecule has 0 aliphatic heterocycles. The number of hydrogen-bond acceptors (Lipinski definition) is 6. The first kappa shape index (κ1) is 62.8. The van der Waals surface area contributed by atoms with E-state index in [9.17, 15) is 19.2 Å². The number of aliphatic hydroxyl groups excluding tert-OH is 1. The zero-order chi connectivity index (χ0) is 48.2. The van der Waals surface area contributed by atoms with Crippen LogP contribution in [0.15, 0.2) is 48.6 Å². The van der Waals surface area contributed by atoms with Crippen molar-refractivity contribution in [1.82, 2.24) is 10.6 Å². The highest BCUT2D eigenvalue weighted by molar-refractivity contribution is 5.87. The fraction of sp³-hybridized carbons (Fsp3) is 0.789. The number of carboxylic acid groups (broad SMARTS) is 1. The number of rotatable bonds is 50. The Morgan fingerprint density at radius 3 is 1.30 bits per heavy atom. The van der Waals surface area contributed by atoms with Gasteiger partial charge >= 0.3 is 11.9 Å². The lowest BCUT2D eigenvalue weighted by Crippen LogP contribution is -2.47. The summed E-state index contributed by atoms with van der Waals surface area (Å²) in [6.45, 7) is 3.40. The van der Waals surface area contributed by atoms with Crippen molar-refractivity contribution >= 4 is 23.8 Å². The molecule has 0 fully saturated rings. The highest BCUT2D eigenvalue weighted by atomic mass is 16.5. The summed E-state index contributed by atoms with van der Waals surface area (Å²) in [5.41, 5.74) is 0. The number of aliphatic carboxylic acids is 1. The summed E-state index contributed by atoms with van der Waals surface area (Å²) >= 11 is 0. The molecule has 0 radical (unpaired) electrons. The third-order valence-electron chi connectivity index (χ3n) is 12.3. The highest BCUT2D eigenvalue weighted by Gasteiger charge is 2.19. The molecule has 0 aromatic heterocycles. The smallest absolute Gasteiger partial charge is 0.328 e. The monoisotopic (exact) mass is 927 g/mol. The van der Waals surface area contributed by atoms with Crippen LogP contribution in [0.2, 0.25) is 0 Å². The summed E-state index contributed by atoms with van der Waals surface area (Å²) in [6.07, 6.45) is 62.9. The molecule has 0 aromatic rings. The second kappa shape index (κ2) is 51.2. The molecule has 0 saturated heterocycles. The first-order valence-corrected chi connectivity index (χ1v) is 27.5. The molecule has 0 saturated carbocycles. The molecule has 0 aliphatic carbocycles. The maximum Gasteiger partial charge on any atom is 0.328 e. The lowest BCUT2D eigenvalue weighted by Gasteiger charge is -2.18. The Balaban J connectivity index is 4.25. The van der Waals surface area contributed by atoms with Crippen molar-refractivity contribution in [3.63, 3.8) is 0 Å². The fourth-order valence-electron chi connectivity index (χ4n) is 8.18. The van der Waals surface area contributed by atoms with Crippen LogP contribution in [0.1, 0.15) is 264 Å². The number of aliphatic hydroxyl groups is 1. The van der Waals surface area contributed by atoms with Crippen molar-refractivity contribution in [2.75, 3.05) is 13.2 Å². The Kier molecular flexibility index (Phi) is 48.7. The standard InChI is InChI=1S/C57H102N2O7/c1-3-5-7-9-11-13-15-17-19-20-21-22-23-24-25-26-28-30-32-34-36-41-45-49-56(63)66-52(46-42-38-35-33-31-29-27-18-16-14-12-10-8-6-4-2)47-43-39-37-40-44-48-54(61)58-50-55(62)59-53(51-60)57(64)65/h5,7,11,13,17,19,21-22,52-53,60H,3-4,6,8-10,12,14-16,18,20,23-51H2,1-2H3,(H,58,61)(H,59,62)(H,64,65)/b7-5-,13-11-,19-17-,22-21-. The van der Waals surface area contributed by atoms with Crippen LogP contribution in [0.5, 0.6) is 0 Å². The van der Waals surface area contributed by atoms with Crippen molar-refractivity contribution in [3.05, 3.63) is 48.6 Å². The van der Waals surface area contributed by atoms with E-state index >= 15 is 0 Å². The zero-order valence-electron chi connectivity index (χ0n) is 42.7. The van der Waals surface area contributed by atoms with Crippen LogP contribution in [0.25, 0.3) is 0 Å². The molecule has 2 amide bonds. The molecule has 4 N–H and O–H groups in total. The average molecular weight is 927 g/mol. The van der Waals surface area contributed by atoms with Gasteiger partial charge in [-0.05, 0) is 77.0 Å². The van der Waals surface area contributed by atoms with E-state index in [0.717, 1.165) is 83.5 Å². The van der Waals surface area contributed by atoms with E-state index in [1.165, 1.54) is 148 Å². The minimum atomic E-state index is -1.38.